The molecular weight excluding hydrogens is 294 g/mol. The molecule has 0 unspecified atom stereocenters. The average molecular weight is 313 g/mol. The molecule has 0 fully saturated rings. The fourth-order valence-corrected chi connectivity index (χ4v) is 2.88. The van der Waals surface area contributed by atoms with E-state index in [0.29, 0.717) is 24.1 Å². The largest absolute Gasteiger partial charge is 0.461 e. The highest BCUT2D eigenvalue weighted by Crippen LogP contribution is 2.34. The molecule has 3 rings (SSSR count). The van der Waals surface area contributed by atoms with Crippen LogP contribution in [0.2, 0.25) is 0 Å². The van der Waals surface area contributed by atoms with Crippen LogP contribution in [0.5, 0.6) is 0 Å². The predicted octanol–water partition coefficient (Wildman–Crippen LogP) is 3.49. The molecule has 0 bridgehead atoms. The number of aryl methyl sites for hydroxylation is 3. The van der Waals surface area contributed by atoms with Crippen LogP contribution >= 0.6 is 0 Å². The molecule has 23 heavy (non-hydrogen) atoms. The van der Waals surface area contributed by atoms with E-state index in [1.807, 2.05) is 33.8 Å². The van der Waals surface area contributed by atoms with E-state index in [0.717, 1.165) is 33.2 Å². The summed E-state index contributed by atoms with van der Waals surface area (Å²) in [5, 5.41) is 4.72. The molecule has 5 heteroatoms. The quantitative estimate of drug-likeness (QED) is 0.751. The van der Waals surface area contributed by atoms with E-state index >= 15 is 0 Å². The molecule has 5 nitrogen and oxygen atoms in total. The first-order valence-corrected chi connectivity index (χ1v) is 7.65. The fourth-order valence-electron chi connectivity index (χ4n) is 2.88. The van der Waals surface area contributed by atoms with Crippen molar-refractivity contribution in [3.8, 4) is 0 Å². The summed E-state index contributed by atoms with van der Waals surface area (Å²) in [5.74, 6) is 0.758. The van der Waals surface area contributed by atoms with Crippen molar-refractivity contribution in [2.75, 3.05) is 0 Å². The third-order valence-electron chi connectivity index (χ3n) is 4.21. The van der Waals surface area contributed by atoms with Gasteiger partial charge in [0.25, 0.3) is 0 Å². The summed E-state index contributed by atoms with van der Waals surface area (Å²) in [6.45, 7) is 7.88. The Morgan fingerprint density at radius 2 is 1.78 bits per heavy atom. The van der Waals surface area contributed by atoms with Crippen LogP contribution in [0.3, 0.4) is 0 Å². The zero-order chi connectivity index (χ0) is 16.7. The molecule has 2 heterocycles. The molecule has 1 amide bonds. The predicted molar refractivity (Wildman–Crippen MR) is 88.6 cm³/mol. The maximum absolute atomic E-state index is 11.6. The van der Waals surface area contributed by atoms with Crippen LogP contribution in [0.1, 0.15) is 35.8 Å². The number of benzene rings is 1. The molecule has 0 atom stereocenters. The zero-order valence-corrected chi connectivity index (χ0v) is 13.7. The standard InChI is InChI=1S/C18H19NO4/c1-5-15(20)19-8-14-11(4)22-18-10(3)17-12(7-13(14)18)9(2)6-16(21)23-17/h6-7H,5,8H2,1-4H3,(H,19,20). The van der Waals surface area contributed by atoms with Crippen LogP contribution < -0.4 is 10.9 Å². The molecule has 3 aromatic rings. The Morgan fingerprint density at radius 1 is 1.09 bits per heavy atom. The van der Waals surface area contributed by atoms with Crippen LogP contribution in [0.4, 0.5) is 0 Å². The molecule has 0 saturated heterocycles. The Morgan fingerprint density at radius 3 is 2.48 bits per heavy atom. The van der Waals surface area contributed by atoms with Crippen molar-refractivity contribution in [2.24, 2.45) is 0 Å². The van der Waals surface area contributed by atoms with Gasteiger partial charge in [-0.05, 0) is 32.4 Å². The summed E-state index contributed by atoms with van der Waals surface area (Å²) in [6, 6.07) is 3.46. The average Bonchev–Trinajstić information content (AvgIpc) is 2.82. The first-order chi connectivity index (χ1) is 10.9. The van der Waals surface area contributed by atoms with Crippen molar-refractivity contribution in [1.82, 2.24) is 5.32 Å². The number of carbonyl (C=O) groups excluding carboxylic acids is 1. The number of hydrogen-bond acceptors (Lipinski definition) is 4. The van der Waals surface area contributed by atoms with Crippen LogP contribution in [0.25, 0.3) is 21.9 Å². The van der Waals surface area contributed by atoms with Gasteiger partial charge < -0.3 is 14.2 Å². The van der Waals surface area contributed by atoms with Crippen molar-refractivity contribution < 1.29 is 13.6 Å². The molecule has 0 spiro atoms. The van der Waals surface area contributed by atoms with Gasteiger partial charge in [0, 0.05) is 40.9 Å². The van der Waals surface area contributed by atoms with Crippen LogP contribution in [-0.4, -0.2) is 5.91 Å². The molecule has 0 aliphatic carbocycles. The Balaban J connectivity index is 2.26. The lowest BCUT2D eigenvalue weighted by atomic mass is 10.0. The lowest BCUT2D eigenvalue weighted by Gasteiger charge is -2.06. The van der Waals surface area contributed by atoms with E-state index in [2.05, 4.69) is 5.32 Å². The molecule has 0 saturated carbocycles. The van der Waals surface area contributed by atoms with E-state index in [4.69, 9.17) is 8.83 Å². The minimum atomic E-state index is -0.365. The van der Waals surface area contributed by atoms with Crippen molar-refractivity contribution in [3.63, 3.8) is 0 Å². The summed E-state index contributed by atoms with van der Waals surface area (Å²) in [6.07, 6.45) is 0.445. The minimum Gasteiger partial charge on any atom is -0.461 e. The monoisotopic (exact) mass is 313 g/mol. The number of fused-ring (bicyclic) bond motifs is 2. The van der Waals surface area contributed by atoms with Crippen molar-refractivity contribution in [3.05, 3.63) is 45.0 Å². The van der Waals surface area contributed by atoms with Gasteiger partial charge in [0.05, 0.1) is 0 Å². The maximum atomic E-state index is 11.6. The Labute approximate surface area is 133 Å². The summed E-state index contributed by atoms with van der Waals surface area (Å²) in [5.41, 5.74) is 3.51. The first kappa shape index (κ1) is 15.3. The van der Waals surface area contributed by atoms with E-state index in [-0.39, 0.29) is 11.5 Å². The third kappa shape index (κ3) is 2.52. The van der Waals surface area contributed by atoms with E-state index < -0.39 is 0 Å². The lowest BCUT2D eigenvalue weighted by Crippen LogP contribution is -2.21. The van der Waals surface area contributed by atoms with Gasteiger partial charge in [-0.25, -0.2) is 4.79 Å². The van der Waals surface area contributed by atoms with E-state index in [9.17, 15) is 9.59 Å². The molecule has 1 aromatic carbocycles. The second-order valence-corrected chi connectivity index (χ2v) is 5.77. The topological polar surface area (TPSA) is 72.5 Å². The maximum Gasteiger partial charge on any atom is 0.336 e. The van der Waals surface area contributed by atoms with Crippen LogP contribution in [0.15, 0.2) is 25.8 Å². The second kappa shape index (κ2) is 5.57. The van der Waals surface area contributed by atoms with Gasteiger partial charge in [0.2, 0.25) is 5.91 Å². The van der Waals surface area contributed by atoms with Crippen molar-refractivity contribution >= 4 is 27.8 Å². The highest BCUT2D eigenvalue weighted by atomic mass is 16.4. The molecule has 0 aliphatic rings. The summed E-state index contributed by atoms with van der Waals surface area (Å²) in [7, 11) is 0. The molecular formula is C18H19NO4. The number of nitrogens with one attached hydrogen (secondary N) is 1. The van der Waals surface area contributed by atoms with Gasteiger partial charge in [-0.2, -0.15) is 0 Å². The van der Waals surface area contributed by atoms with Crippen molar-refractivity contribution in [1.29, 1.82) is 0 Å². The number of hydrogen-bond donors (Lipinski definition) is 1. The van der Waals surface area contributed by atoms with E-state index in [1.54, 1.807) is 0 Å². The van der Waals surface area contributed by atoms with Crippen molar-refractivity contribution in [2.45, 2.75) is 40.7 Å². The third-order valence-corrected chi connectivity index (χ3v) is 4.21. The molecule has 0 aliphatic heterocycles. The van der Waals surface area contributed by atoms with Crippen LogP contribution in [0, 0.1) is 20.8 Å². The summed E-state index contributed by atoms with van der Waals surface area (Å²) >= 11 is 0. The van der Waals surface area contributed by atoms with Crippen LogP contribution in [-0.2, 0) is 11.3 Å². The smallest absolute Gasteiger partial charge is 0.336 e. The Hall–Kier alpha value is -2.56. The highest BCUT2D eigenvalue weighted by Gasteiger charge is 2.18. The molecule has 2 aromatic heterocycles. The number of furan rings is 1. The fraction of sp³-hybridized carbons (Fsp3) is 0.333. The zero-order valence-electron chi connectivity index (χ0n) is 13.7. The Kier molecular flexibility index (Phi) is 3.72. The normalized spacial score (nSPS) is 11.3. The number of amides is 1. The lowest BCUT2D eigenvalue weighted by molar-refractivity contribution is -0.120. The van der Waals surface area contributed by atoms with Gasteiger partial charge in [-0.15, -0.1) is 0 Å². The summed E-state index contributed by atoms with van der Waals surface area (Å²) in [4.78, 5) is 23.2. The van der Waals surface area contributed by atoms with Gasteiger partial charge in [0.1, 0.15) is 16.9 Å². The minimum absolute atomic E-state index is 0.00145. The Bertz CT molecular complexity index is 978. The van der Waals surface area contributed by atoms with Gasteiger partial charge in [-0.3, -0.25) is 4.79 Å². The van der Waals surface area contributed by atoms with Gasteiger partial charge >= 0.3 is 5.63 Å². The number of rotatable bonds is 3. The first-order valence-electron chi connectivity index (χ1n) is 7.65. The summed E-state index contributed by atoms with van der Waals surface area (Å²) < 4.78 is 11.2. The second-order valence-electron chi connectivity index (χ2n) is 5.77. The molecule has 0 radical (unpaired) electrons. The highest BCUT2D eigenvalue weighted by molar-refractivity contribution is 6.00. The molecule has 1 N–H and O–H groups in total. The van der Waals surface area contributed by atoms with Gasteiger partial charge in [-0.1, -0.05) is 6.92 Å². The molecule has 120 valence electrons. The SMILES string of the molecule is CCC(=O)NCc1c(C)oc2c(C)c3oc(=O)cc(C)c3cc12. The van der Waals surface area contributed by atoms with E-state index in [1.165, 1.54) is 6.07 Å². The van der Waals surface area contributed by atoms with Gasteiger partial charge in [0.15, 0.2) is 0 Å². The number of carbonyl (C=O) groups is 1.